The van der Waals surface area contributed by atoms with Gasteiger partial charge in [-0.3, -0.25) is 9.59 Å². The zero-order valence-electron chi connectivity index (χ0n) is 12.5. The second-order valence-electron chi connectivity index (χ2n) is 4.61. The smallest absolute Gasteiger partial charge is 0.272 e. The second kappa shape index (κ2) is 6.75. The summed E-state index contributed by atoms with van der Waals surface area (Å²) in [5.41, 5.74) is 0.585. The lowest BCUT2D eigenvalue weighted by atomic mass is 10.1. The summed E-state index contributed by atoms with van der Waals surface area (Å²) in [7, 11) is 3.12. The van der Waals surface area contributed by atoms with Crippen LogP contribution in [0.2, 0.25) is 0 Å². The standard InChI is InChI=1S/C15H17N3O4/c1-9(11-5-4-10(21-2)8-13(11)22-3)16-15(20)12-6-7-14(19)18-17-12/h4-9H,1-3H3,(H,16,20)(H,18,19)/t9-/m1/s1. The SMILES string of the molecule is COc1ccc([C@@H](C)NC(=O)c2ccc(=O)[nH]n2)c(OC)c1. The van der Waals surface area contributed by atoms with Crippen LogP contribution in [0.5, 0.6) is 11.5 Å². The van der Waals surface area contributed by atoms with Gasteiger partial charge in [0.15, 0.2) is 0 Å². The first kappa shape index (κ1) is 15.6. The van der Waals surface area contributed by atoms with E-state index in [1.165, 1.54) is 12.1 Å². The number of benzene rings is 1. The maximum Gasteiger partial charge on any atom is 0.272 e. The largest absolute Gasteiger partial charge is 0.497 e. The van der Waals surface area contributed by atoms with Gasteiger partial charge in [-0.25, -0.2) is 5.10 Å². The molecule has 0 spiro atoms. The summed E-state index contributed by atoms with van der Waals surface area (Å²) in [6.07, 6.45) is 0. The number of hydrogen-bond acceptors (Lipinski definition) is 5. The van der Waals surface area contributed by atoms with Crippen LogP contribution in [-0.2, 0) is 0 Å². The fourth-order valence-corrected chi connectivity index (χ4v) is 2.00. The molecule has 0 radical (unpaired) electrons. The average molecular weight is 303 g/mol. The van der Waals surface area contributed by atoms with Gasteiger partial charge < -0.3 is 14.8 Å². The molecule has 1 heterocycles. The summed E-state index contributed by atoms with van der Waals surface area (Å²) >= 11 is 0. The van der Waals surface area contributed by atoms with E-state index in [2.05, 4.69) is 15.5 Å². The van der Waals surface area contributed by atoms with Crippen LogP contribution in [0.3, 0.4) is 0 Å². The molecule has 1 aromatic heterocycles. The van der Waals surface area contributed by atoms with Crippen molar-refractivity contribution in [2.24, 2.45) is 0 Å². The van der Waals surface area contributed by atoms with Crippen molar-refractivity contribution in [3.05, 3.63) is 51.9 Å². The summed E-state index contributed by atoms with van der Waals surface area (Å²) in [5.74, 6) is 0.893. The van der Waals surface area contributed by atoms with Gasteiger partial charge in [0.25, 0.3) is 11.5 Å². The van der Waals surface area contributed by atoms with Gasteiger partial charge in [0.05, 0.1) is 20.3 Å². The summed E-state index contributed by atoms with van der Waals surface area (Å²) in [6.45, 7) is 1.83. The van der Waals surface area contributed by atoms with E-state index in [1.54, 1.807) is 26.4 Å². The Hall–Kier alpha value is -2.83. The van der Waals surface area contributed by atoms with Crippen LogP contribution in [0.1, 0.15) is 29.0 Å². The third-order valence-electron chi connectivity index (χ3n) is 3.17. The Bertz CT molecular complexity index is 706. The molecule has 0 unspecified atom stereocenters. The number of H-pyrrole nitrogens is 1. The highest BCUT2D eigenvalue weighted by molar-refractivity contribution is 5.92. The quantitative estimate of drug-likeness (QED) is 0.868. The lowest BCUT2D eigenvalue weighted by Gasteiger charge is -2.17. The molecule has 1 amide bonds. The van der Waals surface area contributed by atoms with Crippen LogP contribution in [-0.4, -0.2) is 30.3 Å². The molecule has 0 aliphatic rings. The number of carbonyl (C=O) groups is 1. The van der Waals surface area contributed by atoms with Gasteiger partial charge in [-0.1, -0.05) is 0 Å². The number of ether oxygens (including phenoxy) is 2. The normalized spacial score (nSPS) is 11.6. The predicted octanol–water partition coefficient (Wildman–Crippen LogP) is 1.28. The molecular weight excluding hydrogens is 286 g/mol. The lowest BCUT2D eigenvalue weighted by Crippen LogP contribution is -2.28. The third-order valence-corrected chi connectivity index (χ3v) is 3.17. The van der Waals surface area contributed by atoms with Crippen LogP contribution in [0.25, 0.3) is 0 Å². The van der Waals surface area contributed by atoms with Crippen molar-refractivity contribution >= 4 is 5.91 Å². The fourth-order valence-electron chi connectivity index (χ4n) is 2.00. The average Bonchev–Trinajstić information content (AvgIpc) is 2.54. The van der Waals surface area contributed by atoms with Crippen molar-refractivity contribution in [1.29, 1.82) is 0 Å². The minimum Gasteiger partial charge on any atom is -0.497 e. The zero-order chi connectivity index (χ0) is 16.1. The highest BCUT2D eigenvalue weighted by Gasteiger charge is 2.16. The first-order valence-electron chi connectivity index (χ1n) is 6.63. The number of nitrogens with zero attached hydrogens (tertiary/aromatic N) is 1. The van der Waals surface area contributed by atoms with Crippen LogP contribution in [0, 0.1) is 0 Å². The molecule has 7 nitrogen and oxygen atoms in total. The number of rotatable bonds is 5. The van der Waals surface area contributed by atoms with E-state index in [0.29, 0.717) is 11.5 Å². The number of methoxy groups -OCH3 is 2. The summed E-state index contributed by atoms with van der Waals surface area (Å²) in [4.78, 5) is 23.1. The summed E-state index contributed by atoms with van der Waals surface area (Å²) in [6, 6.07) is 7.67. The fraction of sp³-hybridized carbons (Fsp3) is 0.267. The molecule has 1 aromatic carbocycles. The third kappa shape index (κ3) is 3.43. The van der Waals surface area contributed by atoms with E-state index >= 15 is 0 Å². The maximum absolute atomic E-state index is 12.1. The van der Waals surface area contributed by atoms with Crippen molar-refractivity contribution < 1.29 is 14.3 Å². The van der Waals surface area contributed by atoms with Gasteiger partial charge in [0.1, 0.15) is 17.2 Å². The lowest BCUT2D eigenvalue weighted by molar-refractivity contribution is 0.0933. The highest BCUT2D eigenvalue weighted by atomic mass is 16.5. The number of aromatic amines is 1. The number of amides is 1. The molecule has 0 aliphatic heterocycles. The molecule has 0 saturated heterocycles. The first-order valence-corrected chi connectivity index (χ1v) is 6.63. The van der Waals surface area contributed by atoms with Crippen LogP contribution >= 0.6 is 0 Å². The van der Waals surface area contributed by atoms with Crippen molar-refractivity contribution in [2.75, 3.05) is 14.2 Å². The van der Waals surface area contributed by atoms with Gasteiger partial charge >= 0.3 is 0 Å². The Morgan fingerprint density at radius 2 is 2.00 bits per heavy atom. The molecule has 0 saturated carbocycles. The maximum atomic E-state index is 12.1. The van der Waals surface area contributed by atoms with Crippen molar-refractivity contribution in [3.63, 3.8) is 0 Å². The molecule has 116 valence electrons. The Morgan fingerprint density at radius 3 is 2.59 bits per heavy atom. The summed E-state index contributed by atoms with van der Waals surface area (Å²) in [5, 5.41) is 8.72. The Morgan fingerprint density at radius 1 is 1.23 bits per heavy atom. The van der Waals surface area contributed by atoms with Crippen molar-refractivity contribution in [3.8, 4) is 11.5 Å². The van der Waals surface area contributed by atoms with E-state index in [9.17, 15) is 9.59 Å². The van der Waals surface area contributed by atoms with Crippen LogP contribution < -0.4 is 20.3 Å². The number of nitrogens with one attached hydrogen (secondary N) is 2. The number of carbonyl (C=O) groups excluding carboxylic acids is 1. The molecule has 2 N–H and O–H groups in total. The Labute approximate surface area is 127 Å². The molecule has 0 fully saturated rings. The molecular formula is C15H17N3O4. The predicted molar refractivity (Wildman–Crippen MR) is 80.3 cm³/mol. The number of hydrogen-bond donors (Lipinski definition) is 2. The van der Waals surface area contributed by atoms with E-state index in [0.717, 1.165) is 5.56 Å². The minimum atomic E-state index is -0.387. The topological polar surface area (TPSA) is 93.3 Å². The van der Waals surface area contributed by atoms with Gasteiger partial charge in [-0.05, 0) is 25.1 Å². The summed E-state index contributed by atoms with van der Waals surface area (Å²) < 4.78 is 10.5. The molecule has 22 heavy (non-hydrogen) atoms. The van der Waals surface area contributed by atoms with E-state index < -0.39 is 0 Å². The van der Waals surface area contributed by atoms with Gasteiger partial charge in [0.2, 0.25) is 0 Å². The van der Waals surface area contributed by atoms with Gasteiger partial charge in [0, 0.05) is 17.7 Å². The molecule has 2 aromatic rings. The molecule has 2 rings (SSSR count). The van der Waals surface area contributed by atoms with E-state index in [4.69, 9.17) is 9.47 Å². The van der Waals surface area contributed by atoms with Crippen LogP contribution in [0.4, 0.5) is 0 Å². The zero-order valence-corrected chi connectivity index (χ0v) is 12.5. The Kier molecular flexibility index (Phi) is 4.77. The van der Waals surface area contributed by atoms with Gasteiger partial charge in [-0.2, -0.15) is 5.10 Å². The van der Waals surface area contributed by atoms with Crippen LogP contribution in [0.15, 0.2) is 35.1 Å². The highest BCUT2D eigenvalue weighted by Crippen LogP contribution is 2.29. The van der Waals surface area contributed by atoms with Crippen molar-refractivity contribution in [2.45, 2.75) is 13.0 Å². The molecule has 0 aliphatic carbocycles. The van der Waals surface area contributed by atoms with Crippen molar-refractivity contribution in [1.82, 2.24) is 15.5 Å². The first-order chi connectivity index (χ1) is 10.5. The monoisotopic (exact) mass is 303 g/mol. The second-order valence-corrected chi connectivity index (χ2v) is 4.61. The number of aromatic nitrogens is 2. The van der Waals surface area contributed by atoms with Gasteiger partial charge in [-0.15, -0.1) is 0 Å². The minimum absolute atomic E-state index is 0.138. The van der Waals surface area contributed by atoms with E-state index in [-0.39, 0.29) is 23.2 Å². The molecule has 1 atom stereocenters. The molecule has 0 bridgehead atoms. The Balaban J connectivity index is 2.18. The van der Waals surface area contributed by atoms with E-state index in [1.807, 2.05) is 13.0 Å². The molecule has 7 heteroatoms.